The number of rotatable bonds is 2. The molecule has 0 saturated carbocycles. The fourth-order valence-electron chi connectivity index (χ4n) is 2.21. The number of amides is 1. The summed E-state index contributed by atoms with van der Waals surface area (Å²) >= 11 is 0. The highest BCUT2D eigenvalue weighted by molar-refractivity contribution is 5.97. The van der Waals surface area contributed by atoms with Gasteiger partial charge in [-0.3, -0.25) is 4.79 Å². The molecule has 2 rings (SSSR count). The van der Waals surface area contributed by atoms with Crippen molar-refractivity contribution < 1.29 is 9.53 Å². The van der Waals surface area contributed by atoms with E-state index in [1.54, 1.807) is 0 Å². The molecule has 1 aliphatic heterocycles. The fraction of sp³-hybridized carbons (Fsp3) is 0.438. The smallest absolute Gasteiger partial charge is 0.252 e. The zero-order chi connectivity index (χ0) is 14.4. The first-order chi connectivity index (χ1) is 9.70. The summed E-state index contributed by atoms with van der Waals surface area (Å²) in [5, 5.41) is 3.06. The van der Waals surface area contributed by atoms with E-state index in [1.165, 1.54) is 0 Å². The Balaban J connectivity index is 2.16. The second kappa shape index (κ2) is 7.09. The van der Waals surface area contributed by atoms with Gasteiger partial charge < -0.3 is 15.8 Å². The summed E-state index contributed by atoms with van der Waals surface area (Å²) < 4.78 is 5.30. The average molecular weight is 272 g/mol. The van der Waals surface area contributed by atoms with E-state index in [4.69, 9.17) is 10.5 Å². The molecule has 1 aliphatic rings. The quantitative estimate of drug-likeness (QED) is 0.796. The van der Waals surface area contributed by atoms with Crippen molar-refractivity contribution in [3.63, 3.8) is 0 Å². The van der Waals surface area contributed by atoms with Gasteiger partial charge in [0.05, 0.1) is 12.1 Å². The molecule has 106 valence electrons. The predicted octanol–water partition coefficient (Wildman–Crippen LogP) is 1.21. The van der Waals surface area contributed by atoms with E-state index in [2.05, 4.69) is 17.2 Å². The predicted molar refractivity (Wildman–Crippen MR) is 78.4 cm³/mol. The minimum absolute atomic E-state index is 0.0677. The summed E-state index contributed by atoms with van der Waals surface area (Å²) in [6.07, 6.45) is 1.72. The highest BCUT2D eigenvalue weighted by atomic mass is 16.5. The normalized spacial score (nSPS) is 15.3. The van der Waals surface area contributed by atoms with E-state index in [0.717, 1.165) is 24.0 Å². The van der Waals surface area contributed by atoms with Crippen LogP contribution in [0.25, 0.3) is 0 Å². The van der Waals surface area contributed by atoms with Crippen LogP contribution in [0, 0.1) is 18.8 Å². The molecule has 4 heteroatoms. The van der Waals surface area contributed by atoms with E-state index in [-0.39, 0.29) is 18.5 Å². The molecule has 4 nitrogen and oxygen atoms in total. The molecule has 1 fully saturated rings. The molecular weight excluding hydrogens is 252 g/mol. The molecule has 20 heavy (non-hydrogen) atoms. The van der Waals surface area contributed by atoms with Gasteiger partial charge in [-0.1, -0.05) is 23.5 Å². The molecule has 3 N–H and O–H groups in total. The van der Waals surface area contributed by atoms with Gasteiger partial charge in [0, 0.05) is 24.8 Å². The van der Waals surface area contributed by atoms with Crippen LogP contribution in [-0.4, -0.2) is 31.7 Å². The van der Waals surface area contributed by atoms with Crippen molar-refractivity contribution in [3.8, 4) is 11.8 Å². The zero-order valence-electron chi connectivity index (χ0n) is 11.7. The first kappa shape index (κ1) is 14.6. The molecular formula is C16H20N2O2. The van der Waals surface area contributed by atoms with Crippen LogP contribution in [-0.2, 0) is 4.74 Å². The van der Waals surface area contributed by atoms with Crippen LogP contribution in [0.15, 0.2) is 18.2 Å². The molecule has 1 heterocycles. The lowest BCUT2D eigenvalue weighted by molar-refractivity contribution is 0.0696. The van der Waals surface area contributed by atoms with E-state index >= 15 is 0 Å². The minimum atomic E-state index is -0.0677. The number of aryl methyl sites for hydroxylation is 1. The first-order valence-corrected chi connectivity index (χ1v) is 6.89. The maximum atomic E-state index is 12.4. The molecule has 1 aromatic rings. The zero-order valence-corrected chi connectivity index (χ0v) is 11.7. The second-order valence-corrected chi connectivity index (χ2v) is 4.92. The van der Waals surface area contributed by atoms with Gasteiger partial charge in [-0.25, -0.2) is 0 Å². The van der Waals surface area contributed by atoms with Gasteiger partial charge in [-0.2, -0.15) is 0 Å². The summed E-state index contributed by atoms with van der Waals surface area (Å²) in [6, 6.07) is 5.88. The van der Waals surface area contributed by atoms with Gasteiger partial charge in [0.25, 0.3) is 5.91 Å². The van der Waals surface area contributed by atoms with Gasteiger partial charge >= 0.3 is 0 Å². The van der Waals surface area contributed by atoms with Crippen LogP contribution in [0.1, 0.15) is 34.3 Å². The molecule has 0 atom stereocenters. The first-order valence-electron chi connectivity index (χ1n) is 6.89. The highest BCUT2D eigenvalue weighted by Crippen LogP contribution is 2.13. The molecule has 0 bridgehead atoms. The largest absolute Gasteiger partial charge is 0.381 e. The highest BCUT2D eigenvalue weighted by Gasteiger charge is 2.18. The number of nitrogens with two attached hydrogens (primary N) is 1. The van der Waals surface area contributed by atoms with E-state index in [9.17, 15) is 4.79 Å². The summed E-state index contributed by atoms with van der Waals surface area (Å²) in [4.78, 5) is 12.4. The van der Waals surface area contributed by atoms with Gasteiger partial charge in [0.2, 0.25) is 0 Å². The number of hydrogen-bond acceptors (Lipinski definition) is 3. The summed E-state index contributed by atoms with van der Waals surface area (Å²) in [5.41, 5.74) is 7.79. The maximum absolute atomic E-state index is 12.4. The number of carbonyl (C=O) groups excluding carboxylic acids is 1. The average Bonchev–Trinajstić information content (AvgIpc) is 2.47. The summed E-state index contributed by atoms with van der Waals surface area (Å²) in [5.74, 6) is 5.69. The Hall–Kier alpha value is -1.83. The fourth-order valence-corrected chi connectivity index (χ4v) is 2.21. The third-order valence-electron chi connectivity index (χ3n) is 3.30. The Morgan fingerprint density at radius 1 is 1.45 bits per heavy atom. The standard InChI is InChI=1S/C16H20N2O2/c1-12-4-5-13(3-2-8-17)15(11-12)16(19)18-14-6-9-20-10-7-14/h4-5,11,14H,6-10,17H2,1H3,(H,18,19). The lowest BCUT2D eigenvalue weighted by atomic mass is 10.0. The molecule has 0 unspecified atom stereocenters. The van der Waals surface area contributed by atoms with Crippen molar-refractivity contribution in [2.75, 3.05) is 19.8 Å². The molecule has 0 radical (unpaired) electrons. The number of benzene rings is 1. The van der Waals surface area contributed by atoms with Crippen LogP contribution in [0.3, 0.4) is 0 Å². The molecule has 0 spiro atoms. The van der Waals surface area contributed by atoms with Crippen molar-refractivity contribution in [2.24, 2.45) is 5.73 Å². The second-order valence-electron chi connectivity index (χ2n) is 4.92. The van der Waals surface area contributed by atoms with Crippen molar-refractivity contribution in [3.05, 3.63) is 34.9 Å². The van der Waals surface area contributed by atoms with Crippen molar-refractivity contribution in [1.82, 2.24) is 5.32 Å². The SMILES string of the molecule is Cc1ccc(C#CCN)c(C(=O)NC2CCOCC2)c1. The van der Waals surface area contributed by atoms with Gasteiger partial charge in [-0.05, 0) is 31.9 Å². The van der Waals surface area contributed by atoms with E-state index < -0.39 is 0 Å². The van der Waals surface area contributed by atoms with Gasteiger partial charge in [0.1, 0.15) is 0 Å². The molecule has 1 amide bonds. The van der Waals surface area contributed by atoms with Crippen LogP contribution >= 0.6 is 0 Å². The van der Waals surface area contributed by atoms with Crippen LogP contribution in [0.2, 0.25) is 0 Å². The van der Waals surface area contributed by atoms with Crippen molar-refractivity contribution >= 4 is 5.91 Å². The minimum Gasteiger partial charge on any atom is -0.381 e. The number of carbonyl (C=O) groups is 1. The summed E-state index contributed by atoms with van der Waals surface area (Å²) in [6.45, 7) is 3.66. The van der Waals surface area contributed by atoms with Crippen LogP contribution in [0.4, 0.5) is 0 Å². The molecule has 0 aromatic heterocycles. The van der Waals surface area contributed by atoms with Crippen molar-refractivity contribution in [1.29, 1.82) is 0 Å². The Labute approximate surface area is 119 Å². The number of hydrogen-bond donors (Lipinski definition) is 2. The number of ether oxygens (including phenoxy) is 1. The molecule has 1 saturated heterocycles. The Morgan fingerprint density at radius 3 is 2.90 bits per heavy atom. The Morgan fingerprint density at radius 2 is 2.20 bits per heavy atom. The van der Waals surface area contributed by atoms with Crippen LogP contribution in [0.5, 0.6) is 0 Å². The maximum Gasteiger partial charge on any atom is 0.252 e. The molecule has 1 aromatic carbocycles. The third-order valence-corrected chi connectivity index (χ3v) is 3.30. The Bertz CT molecular complexity index is 537. The molecule has 0 aliphatic carbocycles. The van der Waals surface area contributed by atoms with Crippen molar-refractivity contribution in [2.45, 2.75) is 25.8 Å². The van der Waals surface area contributed by atoms with E-state index in [1.807, 2.05) is 25.1 Å². The van der Waals surface area contributed by atoms with Gasteiger partial charge in [-0.15, -0.1) is 0 Å². The van der Waals surface area contributed by atoms with E-state index in [0.29, 0.717) is 18.8 Å². The summed E-state index contributed by atoms with van der Waals surface area (Å²) in [7, 11) is 0. The third kappa shape index (κ3) is 3.83. The lowest BCUT2D eigenvalue weighted by Gasteiger charge is -2.23. The topological polar surface area (TPSA) is 64.4 Å². The Kier molecular flexibility index (Phi) is 5.16. The van der Waals surface area contributed by atoms with Crippen LogP contribution < -0.4 is 11.1 Å². The van der Waals surface area contributed by atoms with Gasteiger partial charge in [0.15, 0.2) is 0 Å². The lowest BCUT2D eigenvalue weighted by Crippen LogP contribution is -2.39. The monoisotopic (exact) mass is 272 g/mol. The number of nitrogens with one attached hydrogen (secondary N) is 1.